The first-order valence-corrected chi connectivity index (χ1v) is 20.0. The fourth-order valence-corrected chi connectivity index (χ4v) is 10.5. The molecular formula is C52H31N3OS. The second-order valence-electron chi connectivity index (χ2n) is 14.7. The number of rotatable bonds is 4. The van der Waals surface area contributed by atoms with Crippen molar-refractivity contribution in [1.82, 2.24) is 15.0 Å². The molecule has 1 aliphatic heterocycles. The van der Waals surface area contributed by atoms with E-state index >= 15 is 0 Å². The van der Waals surface area contributed by atoms with Crippen LogP contribution in [0.2, 0.25) is 0 Å². The monoisotopic (exact) mass is 745 g/mol. The van der Waals surface area contributed by atoms with Gasteiger partial charge in [-0.15, -0.1) is 0 Å². The van der Waals surface area contributed by atoms with E-state index in [0.717, 1.165) is 44.2 Å². The zero-order chi connectivity index (χ0) is 37.5. The summed E-state index contributed by atoms with van der Waals surface area (Å²) in [6.45, 7) is 0. The summed E-state index contributed by atoms with van der Waals surface area (Å²) >= 11 is 1.83. The molecule has 0 N–H and O–H groups in total. The first-order valence-electron chi connectivity index (χ1n) is 19.2. The lowest BCUT2D eigenvalue weighted by atomic mass is 9.67. The quantitative estimate of drug-likeness (QED) is 0.180. The third-order valence-electron chi connectivity index (χ3n) is 11.6. The number of hydrogen-bond donors (Lipinski definition) is 0. The number of fused-ring (bicyclic) bond motifs is 13. The van der Waals surface area contributed by atoms with Crippen LogP contribution in [0.5, 0.6) is 0 Å². The Morgan fingerprint density at radius 1 is 0.351 bits per heavy atom. The molecule has 1 aliphatic carbocycles. The summed E-state index contributed by atoms with van der Waals surface area (Å²) in [5.41, 5.74) is 13.9. The van der Waals surface area contributed by atoms with E-state index in [2.05, 4.69) is 158 Å². The van der Waals surface area contributed by atoms with Crippen molar-refractivity contribution in [2.24, 2.45) is 0 Å². The highest BCUT2D eigenvalue weighted by Crippen LogP contribution is 2.63. The second kappa shape index (κ2) is 12.5. The lowest BCUT2D eigenvalue weighted by molar-refractivity contribution is 0.666. The molecular weight excluding hydrogens is 715 g/mol. The number of furan rings is 1. The first-order chi connectivity index (χ1) is 28.3. The normalized spacial score (nSPS) is 13.3. The number of aromatic nitrogens is 3. The fourth-order valence-electron chi connectivity index (χ4n) is 9.19. The maximum absolute atomic E-state index is 6.76. The van der Waals surface area contributed by atoms with Crippen LogP contribution in [0.4, 0.5) is 0 Å². The van der Waals surface area contributed by atoms with Gasteiger partial charge in [-0.1, -0.05) is 182 Å². The van der Waals surface area contributed by atoms with Crippen LogP contribution in [0.25, 0.3) is 78.4 Å². The summed E-state index contributed by atoms with van der Waals surface area (Å²) in [5.74, 6) is 1.84. The van der Waals surface area contributed by atoms with Gasteiger partial charge in [-0.25, -0.2) is 15.0 Å². The highest BCUT2D eigenvalue weighted by atomic mass is 32.2. The van der Waals surface area contributed by atoms with Gasteiger partial charge < -0.3 is 4.42 Å². The van der Waals surface area contributed by atoms with Crippen molar-refractivity contribution < 1.29 is 4.42 Å². The van der Waals surface area contributed by atoms with Crippen LogP contribution in [0.1, 0.15) is 22.3 Å². The van der Waals surface area contributed by atoms with Crippen LogP contribution in [0.15, 0.2) is 202 Å². The first kappa shape index (κ1) is 32.2. The average molecular weight is 746 g/mol. The Balaban J connectivity index is 1.12. The van der Waals surface area contributed by atoms with E-state index in [9.17, 15) is 0 Å². The molecule has 0 saturated heterocycles. The average Bonchev–Trinajstić information content (AvgIpc) is 3.82. The summed E-state index contributed by atoms with van der Waals surface area (Å²) in [5, 5.41) is 2.08. The van der Waals surface area contributed by atoms with Crippen molar-refractivity contribution in [1.29, 1.82) is 0 Å². The molecule has 1 spiro atoms. The van der Waals surface area contributed by atoms with E-state index < -0.39 is 5.41 Å². The van der Waals surface area contributed by atoms with E-state index in [-0.39, 0.29) is 0 Å². The zero-order valence-corrected chi connectivity index (χ0v) is 31.4. The Kier molecular flexibility index (Phi) is 7.04. The molecule has 10 aromatic rings. The molecule has 8 aromatic carbocycles. The summed E-state index contributed by atoms with van der Waals surface area (Å²) in [4.78, 5) is 18.0. The largest absolute Gasteiger partial charge is 0.456 e. The van der Waals surface area contributed by atoms with Gasteiger partial charge in [0.25, 0.3) is 0 Å². The lowest BCUT2D eigenvalue weighted by Gasteiger charge is -2.39. The summed E-state index contributed by atoms with van der Waals surface area (Å²) in [6.07, 6.45) is 0. The zero-order valence-electron chi connectivity index (χ0n) is 30.6. The van der Waals surface area contributed by atoms with Gasteiger partial charge in [0.15, 0.2) is 17.5 Å². The van der Waals surface area contributed by atoms with Crippen molar-refractivity contribution in [3.63, 3.8) is 0 Å². The lowest BCUT2D eigenvalue weighted by Crippen LogP contribution is -2.32. The Bertz CT molecular complexity index is 3160. The van der Waals surface area contributed by atoms with Crippen LogP contribution in [0, 0.1) is 0 Å². The van der Waals surface area contributed by atoms with Crippen molar-refractivity contribution >= 4 is 33.7 Å². The number of benzene rings is 8. The van der Waals surface area contributed by atoms with Crippen molar-refractivity contribution in [2.45, 2.75) is 15.2 Å². The standard InChI is InChI=1S/C52H31N3OS/c1-3-14-32(15-4-1)33-26-28-35(29-27-33)50-53-49(34-16-5-2-6-17-34)54-51(55-50)38-20-13-24-43-46(38)47-44(56-43)31-30-42-48(47)57-45-25-12-11-23-41(45)52(42)39-21-9-7-18-36(39)37-19-8-10-22-40(37)52/h1-31H. The minimum Gasteiger partial charge on any atom is -0.456 e. The van der Waals surface area contributed by atoms with E-state index in [1.807, 2.05) is 42.1 Å². The highest BCUT2D eigenvalue weighted by Gasteiger charge is 2.50. The van der Waals surface area contributed by atoms with E-state index in [1.54, 1.807) is 0 Å². The highest BCUT2D eigenvalue weighted by molar-refractivity contribution is 7.99. The van der Waals surface area contributed by atoms with Gasteiger partial charge >= 0.3 is 0 Å². The van der Waals surface area contributed by atoms with Gasteiger partial charge in [-0.3, -0.25) is 0 Å². The Morgan fingerprint density at radius 2 is 0.860 bits per heavy atom. The van der Waals surface area contributed by atoms with E-state index in [4.69, 9.17) is 19.4 Å². The Morgan fingerprint density at radius 3 is 1.56 bits per heavy atom. The van der Waals surface area contributed by atoms with Gasteiger partial charge in [0, 0.05) is 37.3 Å². The molecule has 5 heteroatoms. The molecule has 4 nitrogen and oxygen atoms in total. The molecule has 0 saturated carbocycles. The summed E-state index contributed by atoms with van der Waals surface area (Å²) < 4.78 is 6.76. The van der Waals surface area contributed by atoms with Gasteiger partial charge in [-0.2, -0.15) is 0 Å². The summed E-state index contributed by atoms with van der Waals surface area (Å²) in [7, 11) is 0. The fraction of sp³-hybridized carbons (Fsp3) is 0.0192. The van der Waals surface area contributed by atoms with Crippen molar-refractivity contribution in [3.05, 3.63) is 210 Å². The molecule has 0 fully saturated rings. The molecule has 0 atom stereocenters. The Labute approximate surface area is 333 Å². The topological polar surface area (TPSA) is 51.8 Å². The molecule has 12 rings (SSSR count). The molecule has 57 heavy (non-hydrogen) atoms. The predicted molar refractivity (Wildman–Crippen MR) is 230 cm³/mol. The van der Waals surface area contributed by atoms with Gasteiger partial charge in [0.05, 0.1) is 5.41 Å². The van der Waals surface area contributed by atoms with Crippen LogP contribution in [0.3, 0.4) is 0 Å². The SMILES string of the molecule is c1ccc(-c2ccc(-c3nc(-c4ccccc4)nc(-c4cccc5oc6ccc7c(c6c45)Sc4ccccc4C74c5ccccc5-c5ccccc54)n3)cc2)cc1. The summed E-state index contributed by atoms with van der Waals surface area (Å²) in [6, 6.07) is 66.5. The predicted octanol–water partition coefficient (Wildman–Crippen LogP) is 13.3. The van der Waals surface area contributed by atoms with Crippen LogP contribution >= 0.6 is 11.8 Å². The smallest absolute Gasteiger partial charge is 0.164 e. The second-order valence-corrected chi connectivity index (χ2v) is 15.7. The molecule has 0 amide bonds. The van der Waals surface area contributed by atoms with Crippen molar-refractivity contribution in [2.75, 3.05) is 0 Å². The molecule has 266 valence electrons. The molecule has 3 heterocycles. The molecule has 0 unspecified atom stereocenters. The maximum Gasteiger partial charge on any atom is 0.164 e. The maximum atomic E-state index is 6.76. The van der Waals surface area contributed by atoms with Crippen molar-refractivity contribution in [3.8, 4) is 56.4 Å². The number of nitrogens with zero attached hydrogens (tertiary/aromatic N) is 3. The van der Waals surface area contributed by atoms with Crippen LogP contribution in [-0.4, -0.2) is 15.0 Å². The molecule has 0 bridgehead atoms. The minimum atomic E-state index is -0.496. The van der Waals surface area contributed by atoms with E-state index in [0.29, 0.717) is 17.5 Å². The van der Waals surface area contributed by atoms with Gasteiger partial charge in [0.2, 0.25) is 0 Å². The Hall–Kier alpha value is -7.08. The van der Waals surface area contributed by atoms with Gasteiger partial charge in [0.1, 0.15) is 11.2 Å². The minimum absolute atomic E-state index is 0.496. The van der Waals surface area contributed by atoms with Crippen LogP contribution in [-0.2, 0) is 5.41 Å². The molecule has 2 aliphatic rings. The van der Waals surface area contributed by atoms with E-state index in [1.165, 1.54) is 48.7 Å². The third-order valence-corrected chi connectivity index (χ3v) is 12.8. The molecule has 0 radical (unpaired) electrons. The third kappa shape index (κ3) is 4.73. The molecule has 2 aromatic heterocycles. The van der Waals surface area contributed by atoms with Crippen LogP contribution < -0.4 is 0 Å². The van der Waals surface area contributed by atoms with Gasteiger partial charge in [-0.05, 0) is 62.7 Å². The number of hydrogen-bond acceptors (Lipinski definition) is 5.